The molecule has 0 aromatic rings. The van der Waals surface area contributed by atoms with Crippen molar-refractivity contribution in [2.24, 2.45) is 10.9 Å². The lowest BCUT2D eigenvalue weighted by Gasteiger charge is -2.07. The number of allylic oxidation sites excluding steroid dienone is 3. The third kappa shape index (κ3) is 3.17. The van der Waals surface area contributed by atoms with Gasteiger partial charge in [0.05, 0.1) is 0 Å². The lowest BCUT2D eigenvalue weighted by atomic mass is 10.0. The SMILES string of the molecule is C=C/C(=C(/C)N=CC)C(C)C. The fraction of sp³-hybridized carbons (Fsp3) is 0.500. The van der Waals surface area contributed by atoms with Crippen LogP contribution in [0.2, 0.25) is 0 Å². The van der Waals surface area contributed by atoms with E-state index >= 15 is 0 Å². The Kier molecular flexibility index (Phi) is 4.51. The molecule has 62 valence electrons. The van der Waals surface area contributed by atoms with E-state index in [2.05, 4.69) is 25.4 Å². The van der Waals surface area contributed by atoms with Gasteiger partial charge >= 0.3 is 0 Å². The van der Waals surface area contributed by atoms with Gasteiger partial charge in [0, 0.05) is 11.9 Å². The van der Waals surface area contributed by atoms with Crippen molar-refractivity contribution < 1.29 is 0 Å². The van der Waals surface area contributed by atoms with Crippen molar-refractivity contribution in [3.8, 4) is 0 Å². The monoisotopic (exact) mass is 151 g/mol. The summed E-state index contributed by atoms with van der Waals surface area (Å²) in [4.78, 5) is 4.20. The largest absolute Gasteiger partial charge is 0.266 e. The summed E-state index contributed by atoms with van der Waals surface area (Å²) in [6.45, 7) is 12.0. The molecular formula is C10H17N. The third-order valence-corrected chi connectivity index (χ3v) is 1.58. The molecule has 0 saturated carbocycles. The zero-order valence-electron chi connectivity index (χ0n) is 7.89. The van der Waals surface area contributed by atoms with E-state index in [1.807, 2.05) is 19.9 Å². The zero-order valence-corrected chi connectivity index (χ0v) is 7.89. The molecule has 0 aliphatic heterocycles. The van der Waals surface area contributed by atoms with Crippen LogP contribution in [-0.4, -0.2) is 6.21 Å². The summed E-state index contributed by atoms with van der Waals surface area (Å²) in [5.41, 5.74) is 2.29. The smallest absolute Gasteiger partial charge is 0.0402 e. The van der Waals surface area contributed by atoms with Gasteiger partial charge in [0.15, 0.2) is 0 Å². The van der Waals surface area contributed by atoms with Crippen LogP contribution in [0.4, 0.5) is 0 Å². The van der Waals surface area contributed by atoms with Gasteiger partial charge in [0.1, 0.15) is 0 Å². The van der Waals surface area contributed by atoms with Crippen LogP contribution in [0, 0.1) is 5.92 Å². The Morgan fingerprint density at radius 3 is 2.27 bits per heavy atom. The molecule has 0 aromatic carbocycles. The first-order valence-electron chi connectivity index (χ1n) is 3.95. The van der Waals surface area contributed by atoms with E-state index < -0.39 is 0 Å². The molecule has 0 aliphatic rings. The normalized spacial score (nSPS) is 13.9. The first-order chi connectivity index (χ1) is 5.13. The van der Waals surface area contributed by atoms with Crippen molar-refractivity contribution >= 4 is 6.21 Å². The molecule has 0 saturated heterocycles. The van der Waals surface area contributed by atoms with Crippen LogP contribution >= 0.6 is 0 Å². The Balaban J connectivity index is 4.67. The van der Waals surface area contributed by atoms with E-state index in [4.69, 9.17) is 0 Å². The summed E-state index contributed by atoms with van der Waals surface area (Å²) in [6, 6.07) is 0. The second-order valence-electron chi connectivity index (χ2n) is 2.79. The van der Waals surface area contributed by atoms with E-state index in [9.17, 15) is 0 Å². The van der Waals surface area contributed by atoms with Gasteiger partial charge in [-0.25, -0.2) is 0 Å². The Morgan fingerprint density at radius 2 is 2.00 bits per heavy atom. The van der Waals surface area contributed by atoms with E-state index in [-0.39, 0.29) is 0 Å². The summed E-state index contributed by atoms with van der Waals surface area (Å²) < 4.78 is 0. The van der Waals surface area contributed by atoms with Crippen LogP contribution in [0.3, 0.4) is 0 Å². The van der Waals surface area contributed by atoms with Crippen LogP contribution in [0.25, 0.3) is 0 Å². The molecule has 0 heterocycles. The maximum Gasteiger partial charge on any atom is 0.0402 e. The van der Waals surface area contributed by atoms with Crippen LogP contribution in [0.1, 0.15) is 27.7 Å². The van der Waals surface area contributed by atoms with Gasteiger partial charge in [0.2, 0.25) is 0 Å². The summed E-state index contributed by atoms with van der Waals surface area (Å²) in [6.07, 6.45) is 3.69. The molecule has 0 aliphatic carbocycles. The number of aliphatic imine (C=N–C) groups is 1. The molecule has 0 atom stereocenters. The molecule has 0 aromatic heterocycles. The summed E-state index contributed by atoms with van der Waals surface area (Å²) >= 11 is 0. The second-order valence-corrected chi connectivity index (χ2v) is 2.79. The molecule has 0 spiro atoms. The fourth-order valence-electron chi connectivity index (χ4n) is 1.07. The number of rotatable bonds is 3. The first-order valence-corrected chi connectivity index (χ1v) is 3.95. The molecule has 1 nitrogen and oxygen atoms in total. The van der Waals surface area contributed by atoms with Gasteiger partial charge in [-0.3, -0.25) is 4.99 Å². The fourth-order valence-corrected chi connectivity index (χ4v) is 1.07. The van der Waals surface area contributed by atoms with Gasteiger partial charge in [0.25, 0.3) is 0 Å². The van der Waals surface area contributed by atoms with Gasteiger partial charge in [-0.15, -0.1) is 0 Å². The summed E-state index contributed by atoms with van der Waals surface area (Å²) in [5, 5.41) is 0. The maximum atomic E-state index is 4.20. The van der Waals surface area contributed by atoms with E-state index in [1.165, 1.54) is 5.57 Å². The van der Waals surface area contributed by atoms with E-state index in [0.29, 0.717) is 5.92 Å². The number of hydrogen-bond donors (Lipinski definition) is 0. The average molecular weight is 151 g/mol. The minimum Gasteiger partial charge on any atom is -0.266 e. The predicted octanol–water partition coefficient (Wildman–Crippen LogP) is 3.19. The maximum absolute atomic E-state index is 4.20. The van der Waals surface area contributed by atoms with Crippen LogP contribution in [-0.2, 0) is 0 Å². The molecule has 0 N–H and O–H groups in total. The summed E-state index contributed by atoms with van der Waals surface area (Å²) in [5.74, 6) is 0.510. The standard InChI is InChI=1S/C10H17N/c1-6-10(8(3)4)9(5)11-7-2/h6-8H,1H2,2-5H3/b10-9+,11-7?. The summed E-state index contributed by atoms with van der Waals surface area (Å²) in [7, 11) is 0. The Hall–Kier alpha value is -0.850. The van der Waals surface area contributed by atoms with Crippen molar-refractivity contribution in [2.75, 3.05) is 0 Å². The van der Waals surface area contributed by atoms with Crippen molar-refractivity contribution in [1.29, 1.82) is 0 Å². The Labute approximate surface area is 69.5 Å². The predicted molar refractivity (Wildman–Crippen MR) is 51.9 cm³/mol. The topological polar surface area (TPSA) is 12.4 Å². The Morgan fingerprint density at radius 1 is 1.45 bits per heavy atom. The lowest BCUT2D eigenvalue weighted by molar-refractivity contribution is 0.778. The molecular weight excluding hydrogens is 134 g/mol. The third-order valence-electron chi connectivity index (χ3n) is 1.58. The first kappa shape index (κ1) is 10.2. The van der Waals surface area contributed by atoms with E-state index in [0.717, 1.165) is 5.70 Å². The molecule has 0 fully saturated rings. The molecule has 0 bridgehead atoms. The molecule has 0 unspecified atom stereocenters. The van der Waals surface area contributed by atoms with Crippen molar-refractivity contribution in [1.82, 2.24) is 0 Å². The highest BCUT2D eigenvalue weighted by Crippen LogP contribution is 2.15. The molecule has 0 amide bonds. The van der Waals surface area contributed by atoms with Gasteiger partial charge in [-0.1, -0.05) is 26.5 Å². The van der Waals surface area contributed by atoms with Crippen molar-refractivity contribution in [2.45, 2.75) is 27.7 Å². The van der Waals surface area contributed by atoms with E-state index in [1.54, 1.807) is 6.21 Å². The molecule has 0 radical (unpaired) electrons. The van der Waals surface area contributed by atoms with Crippen molar-refractivity contribution in [3.63, 3.8) is 0 Å². The minimum absolute atomic E-state index is 0.510. The van der Waals surface area contributed by atoms with Crippen LogP contribution in [0.15, 0.2) is 28.9 Å². The number of nitrogens with zero attached hydrogens (tertiary/aromatic N) is 1. The van der Waals surface area contributed by atoms with Crippen molar-refractivity contribution in [3.05, 3.63) is 23.9 Å². The quantitative estimate of drug-likeness (QED) is 0.434. The van der Waals surface area contributed by atoms with Gasteiger partial charge in [-0.05, 0) is 25.3 Å². The zero-order chi connectivity index (χ0) is 8.85. The Bertz CT molecular complexity index is 185. The number of hydrogen-bond acceptors (Lipinski definition) is 1. The highest BCUT2D eigenvalue weighted by atomic mass is 14.7. The second kappa shape index (κ2) is 4.89. The van der Waals surface area contributed by atoms with Crippen LogP contribution < -0.4 is 0 Å². The van der Waals surface area contributed by atoms with Gasteiger partial charge in [-0.2, -0.15) is 0 Å². The molecule has 1 heteroatoms. The average Bonchev–Trinajstić information content (AvgIpc) is 1.88. The minimum atomic E-state index is 0.510. The lowest BCUT2D eigenvalue weighted by Crippen LogP contribution is -1.93. The molecule has 11 heavy (non-hydrogen) atoms. The molecule has 0 rings (SSSR count). The van der Waals surface area contributed by atoms with Gasteiger partial charge < -0.3 is 0 Å². The highest BCUT2D eigenvalue weighted by Gasteiger charge is 2.01. The highest BCUT2D eigenvalue weighted by molar-refractivity contribution is 5.55. The van der Waals surface area contributed by atoms with Crippen LogP contribution in [0.5, 0.6) is 0 Å².